The Morgan fingerprint density at radius 2 is 1.82 bits per heavy atom. The van der Waals surface area contributed by atoms with E-state index in [2.05, 4.69) is 10.5 Å². The van der Waals surface area contributed by atoms with Crippen molar-refractivity contribution in [3.63, 3.8) is 0 Å². The highest BCUT2D eigenvalue weighted by atomic mass is 35.5. The molecule has 1 aliphatic heterocycles. The van der Waals surface area contributed by atoms with Crippen molar-refractivity contribution in [2.24, 2.45) is 5.10 Å². The number of rotatable bonds is 2. The molecule has 0 unspecified atom stereocenters. The molecule has 3 N–H and O–H groups in total. The topological polar surface area (TPSA) is 80.2 Å². The fourth-order valence-corrected chi connectivity index (χ4v) is 2.33. The zero-order valence-corrected chi connectivity index (χ0v) is 13.3. The molecule has 0 aromatic heterocycles. The maximum Gasteiger partial charge on any atom is 0.341 e. The number of hydrazone groups is 1. The highest BCUT2D eigenvalue weighted by molar-refractivity contribution is 7.80. The van der Waals surface area contributed by atoms with E-state index >= 15 is 0 Å². The van der Waals surface area contributed by atoms with Crippen LogP contribution in [-0.2, 0) is 0 Å². The third kappa shape index (κ3) is 4.55. The Balaban J connectivity index is 1.78. The summed E-state index contributed by atoms with van der Waals surface area (Å²) >= 11 is 11.1. The number of hydrogen-bond donors (Lipinski definition) is 3. The molecule has 1 aliphatic rings. The Labute approximate surface area is 138 Å². The normalized spacial score (nSPS) is 15.0. The second-order valence-corrected chi connectivity index (χ2v) is 5.44. The number of piperazine rings is 1. The zero-order chi connectivity index (χ0) is 15.9. The number of nitrogens with one attached hydrogen (secondary N) is 2. The van der Waals surface area contributed by atoms with E-state index in [9.17, 15) is 4.79 Å². The van der Waals surface area contributed by atoms with Crippen molar-refractivity contribution in [1.29, 1.82) is 0 Å². The van der Waals surface area contributed by atoms with E-state index in [1.165, 1.54) is 4.90 Å². The Morgan fingerprint density at radius 1 is 1.23 bits per heavy atom. The van der Waals surface area contributed by atoms with E-state index < -0.39 is 6.03 Å². The van der Waals surface area contributed by atoms with Crippen molar-refractivity contribution in [2.75, 3.05) is 26.2 Å². The number of hydrogen-bond acceptors (Lipinski definition) is 4. The van der Waals surface area contributed by atoms with Crippen molar-refractivity contribution >= 4 is 41.2 Å². The van der Waals surface area contributed by atoms with Gasteiger partial charge in [-0.3, -0.25) is 10.6 Å². The summed E-state index contributed by atoms with van der Waals surface area (Å²) in [6.45, 7) is 2.12. The van der Waals surface area contributed by atoms with E-state index in [1.54, 1.807) is 23.8 Å². The van der Waals surface area contributed by atoms with E-state index in [0.717, 1.165) is 5.56 Å². The number of nitrogens with zero attached hydrogens (tertiary/aromatic N) is 3. The third-order valence-electron chi connectivity index (χ3n) is 3.19. The van der Waals surface area contributed by atoms with Gasteiger partial charge in [0.1, 0.15) is 0 Å². The lowest BCUT2D eigenvalue weighted by atomic mass is 10.2. The lowest BCUT2D eigenvalue weighted by molar-refractivity contribution is 0.115. The van der Waals surface area contributed by atoms with Crippen molar-refractivity contribution in [3.05, 3.63) is 34.9 Å². The van der Waals surface area contributed by atoms with Gasteiger partial charge in [0.15, 0.2) is 5.11 Å². The van der Waals surface area contributed by atoms with Crippen molar-refractivity contribution in [3.8, 4) is 0 Å². The van der Waals surface area contributed by atoms with Gasteiger partial charge in [-0.25, -0.2) is 10.3 Å². The van der Waals surface area contributed by atoms with Crippen LogP contribution in [0.3, 0.4) is 0 Å². The number of carbonyl (C=O) groups excluding carboxylic acids is 1. The first-order valence-electron chi connectivity index (χ1n) is 6.62. The van der Waals surface area contributed by atoms with Gasteiger partial charge >= 0.3 is 6.03 Å². The van der Waals surface area contributed by atoms with Gasteiger partial charge in [0.05, 0.1) is 6.21 Å². The van der Waals surface area contributed by atoms with Crippen molar-refractivity contribution in [1.82, 2.24) is 20.7 Å². The number of amides is 2. The van der Waals surface area contributed by atoms with Crippen LogP contribution < -0.4 is 10.9 Å². The minimum absolute atomic E-state index is 0.481. The number of halogens is 1. The molecule has 1 aromatic carbocycles. The van der Waals surface area contributed by atoms with E-state index in [0.29, 0.717) is 36.3 Å². The van der Waals surface area contributed by atoms with Crippen LogP contribution in [-0.4, -0.2) is 58.5 Å². The largest absolute Gasteiger partial charge is 0.344 e. The molecule has 1 fully saturated rings. The van der Waals surface area contributed by atoms with Crippen LogP contribution in [0.1, 0.15) is 5.56 Å². The zero-order valence-electron chi connectivity index (χ0n) is 11.7. The van der Waals surface area contributed by atoms with Crippen LogP contribution in [0.5, 0.6) is 0 Å². The van der Waals surface area contributed by atoms with Gasteiger partial charge in [-0.15, -0.1) is 0 Å². The van der Waals surface area contributed by atoms with Gasteiger partial charge in [0.25, 0.3) is 0 Å². The Morgan fingerprint density at radius 3 is 2.41 bits per heavy atom. The molecule has 0 spiro atoms. The molecule has 118 valence electrons. The van der Waals surface area contributed by atoms with Gasteiger partial charge in [-0.05, 0) is 29.9 Å². The molecule has 0 radical (unpaired) electrons. The standard InChI is InChI=1S/C13H16ClN5O2S/c14-11-3-1-10(2-4-11)9-15-16-13(22)19-7-5-18(6-8-19)12(20)17-21/h1-4,9,21H,5-8H2,(H,16,22)(H,17,20)/b15-9+. The maximum atomic E-state index is 11.3. The lowest BCUT2D eigenvalue weighted by Crippen LogP contribution is -2.54. The van der Waals surface area contributed by atoms with E-state index in [-0.39, 0.29) is 0 Å². The molecule has 9 heteroatoms. The Kier molecular flexibility index (Phi) is 5.93. The monoisotopic (exact) mass is 341 g/mol. The van der Waals surface area contributed by atoms with Gasteiger partial charge in [0.2, 0.25) is 0 Å². The number of carbonyl (C=O) groups is 1. The molecule has 2 amide bonds. The quantitative estimate of drug-likeness (QED) is 0.327. The number of thiocarbonyl (C=S) groups is 1. The average molecular weight is 342 g/mol. The fraction of sp³-hybridized carbons (Fsp3) is 0.308. The van der Waals surface area contributed by atoms with Gasteiger partial charge in [-0.2, -0.15) is 5.10 Å². The number of benzene rings is 1. The van der Waals surface area contributed by atoms with Gasteiger partial charge in [0, 0.05) is 31.2 Å². The van der Waals surface area contributed by atoms with Crippen LogP contribution >= 0.6 is 23.8 Å². The van der Waals surface area contributed by atoms with Crippen LogP contribution in [0.4, 0.5) is 4.79 Å². The SMILES string of the molecule is O=C(NO)N1CCN(C(=S)N/N=C/c2ccc(Cl)cc2)CC1. The third-order valence-corrected chi connectivity index (χ3v) is 3.80. The summed E-state index contributed by atoms with van der Waals surface area (Å²) < 4.78 is 0. The second kappa shape index (κ2) is 7.92. The Hall–Kier alpha value is -1.90. The summed E-state index contributed by atoms with van der Waals surface area (Å²) in [5.74, 6) is 0. The first kappa shape index (κ1) is 16.5. The summed E-state index contributed by atoms with van der Waals surface area (Å²) in [6, 6.07) is 6.77. The summed E-state index contributed by atoms with van der Waals surface area (Å²) in [4.78, 5) is 14.7. The predicted octanol–water partition coefficient (Wildman–Crippen LogP) is 1.26. The van der Waals surface area contributed by atoms with Crippen LogP contribution in [0.2, 0.25) is 5.02 Å². The summed E-state index contributed by atoms with van der Waals surface area (Å²) in [6.07, 6.45) is 1.65. The first-order chi connectivity index (χ1) is 10.6. The summed E-state index contributed by atoms with van der Waals surface area (Å²) in [5.41, 5.74) is 5.33. The highest BCUT2D eigenvalue weighted by Crippen LogP contribution is 2.07. The minimum Gasteiger partial charge on any atom is -0.344 e. The van der Waals surface area contributed by atoms with Crippen LogP contribution in [0, 0.1) is 0 Å². The van der Waals surface area contributed by atoms with E-state index in [4.69, 9.17) is 29.0 Å². The molecular formula is C13H16ClN5O2S. The maximum absolute atomic E-state index is 11.3. The molecule has 2 rings (SSSR count). The molecule has 0 saturated carbocycles. The summed E-state index contributed by atoms with van der Waals surface area (Å²) in [5, 5.41) is 13.8. The first-order valence-corrected chi connectivity index (χ1v) is 7.41. The predicted molar refractivity (Wildman–Crippen MR) is 88.2 cm³/mol. The molecule has 7 nitrogen and oxygen atoms in total. The smallest absolute Gasteiger partial charge is 0.341 e. The molecular weight excluding hydrogens is 326 g/mol. The number of urea groups is 1. The van der Waals surface area contributed by atoms with Gasteiger partial charge in [-0.1, -0.05) is 23.7 Å². The molecule has 1 heterocycles. The Bertz CT molecular complexity index is 558. The molecule has 0 bridgehead atoms. The average Bonchev–Trinajstić information content (AvgIpc) is 2.56. The molecule has 0 aliphatic carbocycles. The number of hydroxylamine groups is 1. The molecule has 22 heavy (non-hydrogen) atoms. The highest BCUT2D eigenvalue weighted by Gasteiger charge is 2.21. The van der Waals surface area contributed by atoms with Crippen LogP contribution in [0.15, 0.2) is 29.4 Å². The van der Waals surface area contributed by atoms with Gasteiger partial charge < -0.3 is 9.80 Å². The summed E-state index contributed by atoms with van der Waals surface area (Å²) in [7, 11) is 0. The minimum atomic E-state index is -0.501. The van der Waals surface area contributed by atoms with E-state index in [1.807, 2.05) is 17.0 Å². The van der Waals surface area contributed by atoms with Crippen LogP contribution in [0.25, 0.3) is 0 Å². The fourth-order valence-electron chi connectivity index (χ4n) is 1.96. The molecule has 1 saturated heterocycles. The lowest BCUT2D eigenvalue weighted by Gasteiger charge is -2.35. The van der Waals surface area contributed by atoms with Crippen molar-refractivity contribution in [2.45, 2.75) is 0 Å². The second-order valence-electron chi connectivity index (χ2n) is 4.62. The molecule has 0 atom stereocenters. The molecule has 1 aromatic rings. The van der Waals surface area contributed by atoms with Crippen molar-refractivity contribution < 1.29 is 10.0 Å².